The third kappa shape index (κ3) is 4.68. The van der Waals surface area contributed by atoms with Crippen LogP contribution in [0.4, 0.5) is 16.0 Å². The number of hydrogen-bond donors (Lipinski definition) is 2. The van der Waals surface area contributed by atoms with Gasteiger partial charge in [-0.2, -0.15) is 0 Å². The maximum absolute atomic E-state index is 15.3. The van der Waals surface area contributed by atoms with Gasteiger partial charge < -0.3 is 24.7 Å². The molecule has 2 atom stereocenters. The minimum atomic E-state index is -0.798. The minimum absolute atomic E-state index is 0.0815. The van der Waals surface area contributed by atoms with Crippen LogP contribution < -0.4 is 9.80 Å². The number of aliphatic hydroxyl groups excluding tert-OH is 1. The van der Waals surface area contributed by atoms with E-state index in [1.165, 1.54) is 11.8 Å². The van der Waals surface area contributed by atoms with Crippen LogP contribution >= 0.6 is 11.8 Å². The predicted molar refractivity (Wildman–Crippen MR) is 137 cm³/mol. The summed E-state index contributed by atoms with van der Waals surface area (Å²) in [5.74, 6) is 1.19. The van der Waals surface area contributed by atoms with Crippen molar-refractivity contribution in [2.24, 2.45) is 17.3 Å². The van der Waals surface area contributed by atoms with Crippen molar-refractivity contribution in [2.75, 3.05) is 42.6 Å². The third-order valence-corrected chi connectivity index (χ3v) is 9.48. The molecule has 0 aromatic carbocycles. The summed E-state index contributed by atoms with van der Waals surface area (Å²) in [6.07, 6.45) is 5.58. The van der Waals surface area contributed by atoms with E-state index in [0.717, 1.165) is 32.5 Å². The average Bonchev–Trinajstić information content (AvgIpc) is 3.08. The number of halogens is 1. The van der Waals surface area contributed by atoms with Crippen molar-refractivity contribution in [1.82, 2.24) is 15.0 Å². The zero-order valence-electron chi connectivity index (χ0n) is 21.4. The van der Waals surface area contributed by atoms with Gasteiger partial charge in [-0.25, -0.2) is 19.3 Å². The molecule has 0 bridgehead atoms. The first-order valence-corrected chi connectivity index (χ1v) is 13.6. The molecular formula is C26H36FN5O3S. The summed E-state index contributed by atoms with van der Waals surface area (Å²) in [7, 11) is 0. The highest BCUT2D eigenvalue weighted by molar-refractivity contribution is 7.99. The van der Waals surface area contributed by atoms with Gasteiger partial charge in [0.1, 0.15) is 10.7 Å². The Morgan fingerprint density at radius 1 is 1.17 bits per heavy atom. The first-order chi connectivity index (χ1) is 17.1. The van der Waals surface area contributed by atoms with E-state index in [1.54, 1.807) is 32.3 Å². The van der Waals surface area contributed by atoms with E-state index in [4.69, 9.17) is 4.74 Å². The molecule has 3 saturated heterocycles. The van der Waals surface area contributed by atoms with Gasteiger partial charge >= 0.3 is 0 Å². The van der Waals surface area contributed by atoms with Crippen LogP contribution in [0.15, 0.2) is 28.4 Å². The largest absolute Gasteiger partial charge is 0.390 e. The predicted octanol–water partition coefficient (Wildman–Crippen LogP) is 3.50. The van der Waals surface area contributed by atoms with Crippen LogP contribution in [-0.2, 0) is 11.3 Å². The van der Waals surface area contributed by atoms with Crippen LogP contribution in [0.25, 0.3) is 0 Å². The zero-order chi connectivity index (χ0) is 25.7. The number of piperidine rings is 1. The number of ether oxygens (including phenoxy) is 1. The highest BCUT2D eigenvalue weighted by Crippen LogP contribution is 2.47. The second-order valence-electron chi connectivity index (χ2n) is 11.1. The van der Waals surface area contributed by atoms with Crippen molar-refractivity contribution in [1.29, 1.82) is 0 Å². The molecule has 0 unspecified atom stereocenters. The number of hydrogen-bond acceptors (Lipinski definition) is 9. The Hall–Kier alpha value is -2.01. The molecule has 0 radical (unpaired) electrons. The number of aliphatic hydroxyl groups is 2. The number of nitrogens with zero attached hydrogens (tertiary/aromatic N) is 5. The topological polar surface area (TPSA) is 94.8 Å². The lowest BCUT2D eigenvalue weighted by Gasteiger charge is -2.45. The van der Waals surface area contributed by atoms with E-state index in [0.29, 0.717) is 46.5 Å². The molecule has 3 aliphatic rings. The number of aromatic nitrogens is 3. The molecule has 2 N–H and O–H groups in total. The molecule has 196 valence electrons. The fourth-order valence-corrected chi connectivity index (χ4v) is 6.38. The number of pyridine rings is 1. The van der Waals surface area contributed by atoms with Crippen LogP contribution in [-0.4, -0.2) is 69.7 Å². The van der Waals surface area contributed by atoms with E-state index in [9.17, 15) is 10.2 Å². The van der Waals surface area contributed by atoms with Gasteiger partial charge in [-0.15, -0.1) is 0 Å². The van der Waals surface area contributed by atoms with Crippen molar-refractivity contribution >= 4 is 23.4 Å². The van der Waals surface area contributed by atoms with Crippen LogP contribution in [0.1, 0.15) is 46.2 Å². The Kier molecular flexibility index (Phi) is 6.91. The Morgan fingerprint density at radius 3 is 2.50 bits per heavy atom. The third-order valence-electron chi connectivity index (χ3n) is 8.54. The summed E-state index contributed by atoms with van der Waals surface area (Å²) in [5.41, 5.74) is -0.0719. The molecule has 0 saturated carbocycles. The van der Waals surface area contributed by atoms with Crippen molar-refractivity contribution in [3.63, 3.8) is 0 Å². The highest BCUT2D eigenvalue weighted by Gasteiger charge is 2.47. The normalized spacial score (nSPS) is 24.4. The Labute approximate surface area is 216 Å². The summed E-state index contributed by atoms with van der Waals surface area (Å²) < 4.78 is 21.2. The molecule has 5 heterocycles. The van der Waals surface area contributed by atoms with Gasteiger partial charge in [0.25, 0.3) is 0 Å². The van der Waals surface area contributed by atoms with Gasteiger partial charge in [0, 0.05) is 43.7 Å². The first kappa shape index (κ1) is 25.6. The Morgan fingerprint density at radius 2 is 1.89 bits per heavy atom. The summed E-state index contributed by atoms with van der Waals surface area (Å²) in [5, 5.41) is 20.8. The van der Waals surface area contributed by atoms with Gasteiger partial charge in [0.05, 0.1) is 36.0 Å². The van der Waals surface area contributed by atoms with Crippen molar-refractivity contribution < 1.29 is 19.3 Å². The smallest absolute Gasteiger partial charge is 0.179 e. The van der Waals surface area contributed by atoms with Crippen LogP contribution in [0.2, 0.25) is 0 Å². The molecule has 10 heteroatoms. The van der Waals surface area contributed by atoms with E-state index in [-0.39, 0.29) is 23.8 Å². The van der Waals surface area contributed by atoms with E-state index >= 15 is 4.39 Å². The van der Waals surface area contributed by atoms with Gasteiger partial charge in [-0.05, 0) is 45.6 Å². The van der Waals surface area contributed by atoms with Crippen molar-refractivity contribution in [3.8, 4) is 0 Å². The van der Waals surface area contributed by atoms with E-state index in [1.807, 2.05) is 4.90 Å². The average molecular weight is 518 g/mol. The van der Waals surface area contributed by atoms with Gasteiger partial charge in [-0.1, -0.05) is 18.7 Å². The van der Waals surface area contributed by atoms with Crippen LogP contribution in [0.3, 0.4) is 0 Å². The molecule has 3 fully saturated rings. The molecule has 0 amide bonds. The van der Waals surface area contributed by atoms with Gasteiger partial charge in [0.2, 0.25) is 0 Å². The molecule has 2 aromatic rings. The highest BCUT2D eigenvalue weighted by atomic mass is 32.2. The molecular weight excluding hydrogens is 481 g/mol. The lowest BCUT2D eigenvalue weighted by molar-refractivity contribution is 0.00416. The molecule has 36 heavy (non-hydrogen) atoms. The number of anilines is 2. The zero-order valence-corrected chi connectivity index (χ0v) is 22.3. The monoisotopic (exact) mass is 517 g/mol. The van der Waals surface area contributed by atoms with Crippen molar-refractivity contribution in [3.05, 3.63) is 30.0 Å². The Bertz CT molecular complexity index is 1100. The minimum Gasteiger partial charge on any atom is -0.390 e. The Balaban J connectivity index is 1.28. The summed E-state index contributed by atoms with van der Waals surface area (Å²) >= 11 is 1.18. The SMILES string of the molecule is C[C@@H]1OCC2(CCN(c3ncc(Sc4ccnc(N5CC(C(C)(C)O)C5)c4F)nc3CO)CC2)[C@@H]1C. The molecule has 8 nitrogen and oxygen atoms in total. The van der Waals surface area contributed by atoms with Gasteiger partial charge in [0.15, 0.2) is 17.5 Å². The molecule has 1 spiro atoms. The molecule has 5 rings (SSSR count). The van der Waals surface area contributed by atoms with Crippen LogP contribution in [0.5, 0.6) is 0 Å². The van der Waals surface area contributed by atoms with E-state index < -0.39 is 11.4 Å². The summed E-state index contributed by atoms with van der Waals surface area (Å²) in [4.78, 5) is 17.9. The quantitative estimate of drug-likeness (QED) is 0.597. The van der Waals surface area contributed by atoms with Gasteiger partial charge in [-0.3, -0.25) is 0 Å². The summed E-state index contributed by atoms with van der Waals surface area (Å²) in [6.45, 7) is 11.4. The van der Waals surface area contributed by atoms with Crippen LogP contribution in [0, 0.1) is 23.1 Å². The lowest BCUT2D eigenvalue weighted by Crippen LogP contribution is -2.56. The van der Waals surface area contributed by atoms with Crippen molar-refractivity contribution in [2.45, 2.75) is 68.8 Å². The standard InChI is InChI=1S/C26H36FN5O3S/c1-16-17(2)35-15-26(16)6-9-31(10-7-26)23-19(14-33)30-21(11-29-23)36-20-5-8-28-24(22(20)27)32-12-18(13-32)25(3,4)34/h5,8,11,16-18,33-34H,6-7,9-10,12-15H2,1-4H3/t16-,17+/m1/s1. The fraction of sp³-hybridized carbons (Fsp3) is 0.654. The maximum atomic E-state index is 15.3. The summed E-state index contributed by atoms with van der Waals surface area (Å²) in [6, 6.07) is 1.63. The first-order valence-electron chi connectivity index (χ1n) is 12.7. The maximum Gasteiger partial charge on any atom is 0.179 e. The molecule has 0 aliphatic carbocycles. The second kappa shape index (κ2) is 9.70. The molecule has 3 aliphatic heterocycles. The second-order valence-corrected chi connectivity index (χ2v) is 12.2. The van der Waals surface area contributed by atoms with E-state index in [2.05, 4.69) is 33.7 Å². The lowest BCUT2D eigenvalue weighted by atomic mass is 9.70. The fourth-order valence-electron chi connectivity index (χ4n) is 5.58. The molecule has 2 aromatic heterocycles. The number of rotatable bonds is 6.